The summed E-state index contributed by atoms with van der Waals surface area (Å²) in [5.41, 5.74) is 2.44. The second kappa shape index (κ2) is 4.60. The molecule has 3 heteroatoms. The topological polar surface area (TPSA) is 21.6 Å². The van der Waals surface area contributed by atoms with Crippen molar-refractivity contribution < 1.29 is 4.84 Å². The molecule has 0 amide bonds. The van der Waals surface area contributed by atoms with E-state index in [-0.39, 0.29) is 6.10 Å². The normalized spacial score (nSPS) is 20.4. The third-order valence-electron chi connectivity index (χ3n) is 2.22. The largest absolute Gasteiger partial charge is 0.391 e. The van der Waals surface area contributed by atoms with Crippen LogP contribution in [-0.2, 0) is 11.3 Å². The molecule has 2 rings (SSSR count). The zero-order chi connectivity index (χ0) is 9.80. The number of halogens is 1. The highest BCUT2D eigenvalue weighted by atomic mass is 79.9. The Morgan fingerprint density at radius 1 is 1.36 bits per heavy atom. The number of nitrogens with zero attached hydrogens (tertiary/aromatic N) is 1. The van der Waals surface area contributed by atoms with E-state index in [4.69, 9.17) is 4.84 Å². The Balaban J connectivity index is 1.94. The summed E-state index contributed by atoms with van der Waals surface area (Å²) >= 11 is 3.39. The fraction of sp³-hybridized carbons (Fsp3) is 0.364. The van der Waals surface area contributed by atoms with Crippen molar-refractivity contribution in [1.29, 1.82) is 0 Å². The van der Waals surface area contributed by atoms with E-state index in [1.54, 1.807) is 0 Å². The van der Waals surface area contributed by atoms with Gasteiger partial charge in [-0.25, -0.2) is 0 Å². The molecule has 1 aromatic rings. The summed E-state index contributed by atoms with van der Waals surface area (Å²) in [5, 5.41) is 4.93. The molecule has 0 aliphatic carbocycles. The number of alkyl halides is 1. The monoisotopic (exact) mass is 253 g/mol. The Morgan fingerprint density at radius 3 is 2.79 bits per heavy atom. The van der Waals surface area contributed by atoms with Gasteiger partial charge in [0, 0.05) is 18.2 Å². The van der Waals surface area contributed by atoms with Crippen LogP contribution in [0.15, 0.2) is 35.5 Å². The summed E-state index contributed by atoms with van der Waals surface area (Å²) in [6.07, 6.45) is 2.08. The average molecular weight is 254 g/mol. The van der Waals surface area contributed by atoms with Gasteiger partial charge < -0.3 is 4.84 Å². The predicted octanol–water partition coefficient (Wildman–Crippen LogP) is 2.77. The minimum Gasteiger partial charge on any atom is -0.391 e. The molecular formula is C11H12BrNO. The van der Waals surface area contributed by atoms with Gasteiger partial charge in [0.05, 0.1) is 5.71 Å². The fourth-order valence-corrected chi connectivity index (χ4v) is 1.85. The summed E-state index contributed by atoms with van der Waals surface area (Å²) in [7, 11) is 0. The summed E-state index contributed by atoms with van der Waals surface area (Å²) in [4.78, 5) is 5.23. The van der Waals surface area contributed by atoms with E-state index in [0.29, 0.717) is 0 Å². The van der Waals surface area contributed by atoms with Crippen LogP contribution in [0.3, 0.4) is 0 Å². The van der Waals surface area contributed by atoms with Crippen molar-refractivity contribution >= 4 is 21.6 Å². The second-order valence-corrected chi connectivity index (χ2v) is 4.05. The van der Waals surface area contributed by atoms with Crippen LogP contribution in [0.1, 0.15) is 12.0 Å². The van der Waals surface area contributed by atoms with Crippen LogP contribution in [0, 0.1) is 0 Å². The maximum atomic E-state index is 5.23. The number of hydrogen-bond acceptors (Lipinski definition) is 2. The summed E-state index contributed by atoms with van der Waals surface area (Å²) < 4.78 is 0. The Kier molecular flexibility index (Phi) is 3.19. The van der Waals surface area contributed by atoms with Crippen LogP contribution in [0.4, 0.5) is 0 Å². The summed E-state index contributed by atoms with van der Waals surface area (Å²) in [6, 6.07) is 10.4. The first-order valence-corrected chi connectivity index (χ1v) is 5.82. The molecule has 0 saturated heterocycles. The van der Waals surface area contributed by atoms with Gasteiger partial charge in [0.1, 0.15) is 6.10 Å². The van der Waals surface area contributed by atoms with Gasteiger partial charge in [-0.2, -0.15) is 0 Å². The van der Waals surface area contributed by atoms with E-state index in [0.717, 1.165) is 23.9 Å². The summed E-state index contributed by atoms with van der Waals surface area (Å²) in [5.74, 6) is 0. The molecule has 1 heterocycles. The Labute approximate surface area is 92.1 Å². The lowest BCUT2D eigenvalue weighted by atomic mass is 10.1. The average Bonchev–Trinajstić information content (AvgIpc) is 2.67. The first-order chi connectivity index (χ1) is 6.88. The van der Waals surface area contributed by atoms with Gasteiger partial charge in [-0.05, 0) is 5.56 Å². The van der Waals surface area contributed by atoms with E-state index in [1.165, 1.54) is 5.56 Å². The first-order valence-electron chi connectivity index (χ1n) is 4.70. The van der Waals surface area contributed by atoms with E-state index in [1.807, 2.05) is 18.2 Å². The minimum atomic E-state index is 0.230. The molecular weight excluding hydrogens is 242 g/mol. The standard InChI is InChI=1S/C11H12BrNO/c12-8-11-7-10(13-14-11)6-9-4-2-1-3-5-9/h1-5,11H,6-8H2/t11-/m0/s1. The SMILES string of the molecule is BrC[C@@H]1CC(Cc2ccccc2)=NO1. The van der Waals surface area contributed by atoms with Crippen LogP contribution in [-0.4, -0.2) is 17.1 Å². The molecule has 0 saturated carbocycles. The first kappa shape index (κ1) is 9.71. The third-order valence-corrected chi connectivity index (χ3v) is 2.94. The smallest absolute Gasteiger partial charge is 0.142 e. The van der Waals surface area contributed by atoms with Crippen molar-refractivity contribution in [1.82, 2.24) is 0 Å². The van der Waals surface area contributed by atoms with Gasteiger partial charge in [-0.1, -0.05) is 51.4 Å². The highest BCUT2D eigenvalue weighted by Crippen LogP contribution is 2.15. The van der Waals surface area contributed by atoms with Crippen molar-refractivity contribution in [3.8, 4) is 0 Å². The molecule has 1 aromatic carbocycles. The predicted molar refractivity (Wildman–Crippen MR) is 60.9 cm³/mol. The van der Waals surface area contributed by atoms with Crippen LogP contribution in [0.5, 0.6) is 0 Å². The molecule has 14 heavy (non-hydrogen) atoms. The highest BCUT2D eigenvalue weighted by Gasteiger charge is 2.19. The van der Waals surface area contributed by atoms with Crippen molar-refractivity contribution in [2.24, 2.45) is 5.16 Å². The quantitative estimate of drug-likeness (QED) is 0.760. The zero-order valence-electron chi connectivity index (χ0n) is 7.82. The van der Waals surface area contributed by atoms with E-state index in [2.05, 4.69) is 33.2 Å². The molecule has 0 spiro atoms. The van der Waals surface area contributed by atoms with Crippen molar-refractivity contribution in [2.75, 3.05) is 5.33 Å². The Hall–Kier alpha value is -0.830. The molecule has 0 fully saturated rings. The lowest BCUT2D eigenvalue weighted by Gasteiger charge is -2.01. The number of benzene rings is 1. The van der Waals surface area contributed by atoms with E-state index < -0.39 is 0 Å². The number of rotatable bonds is 3. The van der Waals surface area contributed by atoms with Gasteiger partial charge >= 0.3 is 0 Å². The summed E-state index contributed by atoms with van der Waals surface area (Å²) in [6.45, 7) is 0. The van der Waals surface area contributed by atoms with Crippen molar-refractivity contribution in [3.05, 3.63) is 35.9 Å². The molecule has 0 unspecified atom stereocenters. The molecule has 2 nitrogen and oxygen atoms in total. The molecule has 1 aliphatic heterocycles. The van der Waals surface area contributed by atoms with Crippen LogP contribution in [0.25, 0.3) is 0 Å². The maximum absolute atomic E-state index is 5.23. The van der Waals surface area contributed by atoms with Gasteiger partial charge in [0.2, 0.25) is 0 Å². The maximum Gasteiger partial charge on any atom is 0.142 e. The zero-order valence-corrected chi connectivity index (χ0v) is 9.40. The Bertz CT molecular complexity index is 323. The van der Waals surface area contributed by atoms with Crippen LogP contribution in [0.2, 0.25) is 0 Å². The fourth-order valence-electron chi connectivity index (χ4n) is 1.51. The van der Waals surface area contributed by atoms with E-state index >= 15 is 0 Å². The molecule has 1 aliphatic rings. The molecule has 0 aromatic heterocycles. The van der Waals surface area contributed by atoms with Crippen LogP contribution < -0.4 is 0 Å². The highest BCUT2D eigenvalue weighted by molar-refractivity contribution is 9.09. The lowest BCUT2D eigenvalue weighted by Crippen LogP contribution is -2.10. The lowest BCUT2D eigenvalue weighted by molar-refractivity contribution is 0.104. The van der Waals surface area contributed by atoms with Gasteiger partial charge in [0.15, 0.2) is 0 Å². The van der Waals surface area contributed by atoms with Crippen molar-refractivity contribution in [2.45, 2.75) is 18.9 Å². The number of oxime groups is 1. The van der Waals surface area contributed by atoms with Gasteiger partial charge in [-0.15, -0.1) is 0 Å². The van der Waals surface area contributed by atoms with Gasteiger partial charge in [-0.3, -0.25) is 0 Å². The molecule has 0 bridgehead atoms. The molecule has 74 valence electrons. The third kappa shape index (κ3) is 2.35. The second-order valence-electron chi connectivity index (χ2n) is 3.41. The minimum absolute atomic E-state index is 0.230. The molecule has 0 radical (unpaired) electrons. The number of hydrogen-bond donors (Lipinski definition) is 0. The van der Waals surface area contributed by atoms with Crippen LogP contribution >= 0.6 is 15.9 Å². The van der Waals surface area contributed by atoms with Gasteiger partial charge in [0.25, 0.3) is 0 Å². The van der Waals surface area contributed by atoms with E-state index in [9.17, 15) is 0 Å². The van der Waals surface area contributed by atoms with Crippen molar-refractivity contribution in [3.63, 3.8) is 0 Å². The molecule has 1 atom stereocenters. The molecule has 0 N–H and O–H groups in total. The Morgan fingerprint density at radius 2 is 2.14 bits per heavy atom.